The second-order valence-electron chi connectivity index (χ2n) is 6.41. The molecule has 0 bridgehead atoms. The van der Waals surface area contributed by atoms with Gasteiger partial charge in [-0.2, -0.15) is 0 Å². The standard InChI is InChI=1S/C10H18O3.C10H14O3/c1-3-7-11-9(5-1)13-10-6-2-4-8-12-10;1-3-6-13-9-5-4-8(11)7-10(9)12-2/h9-10H,1-8H2;4-5,7,11H,3,6H2,1-2H3. The zero-order valence-corrected chi connectivity index (χ0v) is 15.9. The number of rotatable bonds is 6. The Labute approximate surface area is 156 Å². The summed E-state index contributed by atoms with van der Waals surface area (Å²) in [4.78, 5) is 0. The van der Waals surface area contributed by atoms with E-state index in [1.807, 2.05) is 6.92 Å². The van der Waals surface area contributed by atoms with Gasteiger partial charge in [-0.15, -0.1) is 0 Å². The van der Waals surface area contributed by atoms with Gasteiger partial charge in [-0.25, -0.2) is 0 Å². The molecule has 6 heteroatoms. The Bertz CT molecular complexity index is 479. The summed E-state index contributed by atoms with van der Waals surface area (Å²) in [5.41, 5.74) is 0. The minimum Gasteiger partial charge on any atom is -0.508 e. The highest BCUT2D eigenvalue weighted by molar-refractivity contribution is 5.44. The predicted molar refractivity (Wildman–Crippen MR) is 98.7 cm³/mol. The van der Waals surface area contributed by atoms with Crippen LogP contribution < -0.4 is 9.47 Å². The molecular weight excluding hydrogens is 336 g/mol. The summed E-state index contributed by atoms with van der Waals surface area (Å²) in [5.74, 6) is 1.41. The molecule has 2 saturated heterocycles. The van der Waals surface area contributed by atoms with Crippen LogP contribution in [-0.4, -0.2) is 44.6 Å². The molecule has 3 rings (SSSR count). The molecule has 2 atom stereocenters. The predicted octanol–water partition coefficient (Wildman–Crippen LogP) is 4.25. The Morgan fingerprint density at radius 3 is 2.15 bits per heavy atom. The lowest BCUT2D eigenvalue weighted by Crippen LogP contribution is -2.31. The molecule has 0 aliphatic carbocycles. The van der Waals surface area contributed by atoms with Crippen LogP contribution in [0.2, 0.25) is 0 Å². The van der Waals surface area contributed by atoms with Gasteiger partial charge in [0.25, 0.3) is 0 Å². The van der Waals surface area contributed by atoms with Crippen molar-refractivity contribution in [3.8, 4) is 17.2 Å². The molecule has 1 N–H and O–H groups in total. The average Bonchev–Trinajstić information content (AvgIpc) is 2.69. The van der Waals surface area contributed by atoms with Crippen LogP contribution in [0.25, 0.3) is 0 Å². The van der Waals surface area contributed by atoms with Crippen molar-refractivity contribution in [3.63, 3.8) is 0 Å². The maximum Gasteiger partial charge on any atom is 0.164 e. The fourth-order valence-electron chi connectivity index (χ4n) is 2.79. The van der Waals surface area contributed by atoms with E-state index in [4.69, 9.17) is 28.8 Å². The second-order valence-corrected chi connectivity index (χ2v) is 6.41. The first-order valence-electron chi connectivity index (χ1n) is 9.61. The number of benzene rings is 1. The van der Waals surface area contributed by atoms with Crippen LogP contribution in [-0.2, 0) is 14.2 Å². The Balaban J connectivity index is 0.000000187. The fraction of sp³-hybridized carbons (Fsp3) is 0.700. The number of phenols is 1. The maximum absolute atomic E-state index is 9.16. The third-order valence-electron chi connectivity index (χ3n) is 4.19. The first kappa shape index (κ1) is 20.8. The van der Waals surface area contributed by atoms with Crippen LogP contribution in [0.3, 0.4) is 0 Å². The van der Waals surface area contributed by atoms with E-state index in [-0.39, 0.29) is 18.3 Å². The van der Waals surface area contributed by atoms with Crippen molar-refractivity contribution in [2.75, 3.05) is 26.9 Å². The van der Waals surface area contributed by atoms with E-state index in [2.05, 4.69) is 0 Å². The lowest BCUT2D eigenvalue weighted by atomic mass is 10.2. The maximum atomic E-state index is 9.16. The van der Waals surface area contributed by atoms with E-state index in [0.717, 1.165) is 32.5 Å². The highest BCUT2D eigenvalue weighted by Gasteiger charge is 2.21. The Morgan fingerprint density at radius 2 is 1.65 bits per heavy atom. The van der Waals surface area contributed by atoms with E-state index in [0.29, 0.717) is 18.1 Å². The second kappa shape index (κ2) is 12.0. The number of hydrogen-bond acceptors (Lipinski definition) is 6. The molecule has 0 amide bonds. The zero-order chi connectivity index (χ0) is 18.6. The molecule has 148 valence electrons. The van der Waals surface area contributed by atoms with Crippen LogP contribution in [0.1, 0.15) is 51.9 Å². The molecule has 0 aromatic heterocycles. The van der Waals surface area contributed by atoms with E-state index in [1.54, 1.807) is 19.2 Å². The number of ether oxygens (including phenoxy) is 5. The quantitative estimate of drug-likeness (QED) is 0.810. The van der Waals surface area contributed by atoms with Gasteiger partial charge in [0.2, 0.25) is 0 Å². The number of aromatic hydroxyl groups is 1. The topological polar surface area (TPSA) is 66.4 Å². The molecule has 1 aromatic carbocycles. The van der Waals surface area contributed by atoms with Crippen molar-refractivity contribution >= 4 is 0 Å². The van der Waals surface area contributed by atoms with Crippen molar-refractivity contribution in [2.45, 2.75) is 64.4 Å². The number of hydrogen-bond donors (Lipinski definition) is 1. The summed E-state index contributed by atoms with van der Waals surface area (Å²) in [6.45, 7) is 4.38. The normalized spacial score (nSPS) is 22.8. The molecule has 0 saturated carbocycles. The SMILES string of the molecule is C1CCC(OC2CCCCO2)OC1.CCCOc1ccc(O)cc1OC. The van der Waals surface area contributed by atoms with Gasteiger partial charge in [0, 0.05) is 19.3 Å². The van der Waals surface area contributed by atoms with Crippen molar-refractivity contribution in [3.05, 3.63) is 18.2 Å². The minimum atomic E-state index is -0.00292. The molecule has 26 heavy (non-hydrogen) atoms. The molecule has 0 spiro atoms. The van der Waals surface area contributed by atoms with Crippen molar-refractivity contribution in [1.29, 1.82) is 0 Å². The third kappa shape index (κ3) is 7.40. The van der Waals surface area contributed by atoms with Gasteiger partial charge in [-0.1, -0.05) is 6.92 Å². The van der Waals surface area contributed by atoms with E-state index in [9.17, 15) is 0 Å². The molecule has 6 nitrogen and oxygen atoms in total. The minimum absolute atomic E-state index is 0.00292. The van der Waals surface area contributed by atoms with Gasteiger partial charge >= 0.3 is 0 Å². The lowest BCUT2D eigenvalue weighted by molar-refractivity contribution is -0.264. The third-order valence-corrected chi connectivity index (χ3v) is 4.19. The van der Waals surface area contributed by atoms with Gasteiger partial charge in [0.15, 0.2) is 24.1 Å². The number of methoxy groups -OCH3 is 1. The van der Waals surface area contributed by atoms with Crippen LogP contribution in [0.15, 0.2) is 18.2 Å². The highest BCUT2D eigenvalue weighted by Crippen LogP contribution is 2.30. The van der Waals surface area contributed by atoms with Gasteiger partial charge < -0.3 is 28.8 Å². The number of phenolic OH excluding ortho intramolecular Hbond substituents is 1. The molecule has 1 aromatic rings. The monoisotopic (exact) mass is 368 g/mol. The molecule has 2 heterocycles. The lowest BCUT2D eigenvalue weighted by Gasteiger charge is -2.29. The Kier molecular flexibility index (Phi) is 9.60. The largest absolute Gasteiger partial charge is 0.508 e. The van der Waals surface area contributed by atoms with Crippen LogP contribution >= 0.6 is 0 Å². The summed E-state index contributed by atoms with van der Waals surface area (Å²) >= 11 is 0. The average molecular weight is 368 g/mol. The van der Waals surface area contributed by atoms with Gasteiger partial charge in [-0.05, 0) is 57.1 Å². The summed E-state index contributed by atoms with van der Waals surface area (Å²) in [6.07, 6.45) is 7.78. The van der Waals surface area contributed by atoms with Gasteiger partial charge in [-0.3, -0.25) is 0 Å². The van der Waals surface area contributed by atoms with Crippen LogP contribution in [0.4, 0.5) is 0 Å². The molecule has 2 unspecified atom stereocenters. The first-order chi connectivity index (χ1) is 12.7. The first-order valence-corrected chi connectivity index (χ1v) is 9.61. The highest BCUT2D eigenvalue weighted by atomic mass is 16.8. The fourth-order valence-corrected chi connectivity index (χ4v) is 2.79. The van der Waals surface area contributed by atoms with Crippen LogP contribution in [0, 0.1) is 0 Å². The van der Waals surface area contributed by atoms with E-state index in [1.165, 1.54) is 31.7 Å². The zero-order valence-electron chi connectivity index (χ0n) is 15.9. The molecular formula is C20H32O6. The molecule has 2 fully saturated rings. The van der Waals surface area contributed by atoms with Crippen molar-refractivity contribution in [1.82, 2.24) is 0 Å². The Morgan fingerprint density at radius 1 is 1.00 bits per heavy atom. The van der Waals surface area contributed by atoms with Crippen molar-refractivity contribution < 1.29 is 28.8 Å². The smallest absolute Gasteiger partial charge is 0.164 e. The van der Waals surface area contributed by atoms with E-state index >= 15 is 0 Å². The van der Waals surface area contributed by atoms with E-state index < -0.39 is 0 Å². The van der Waals surface area contributed by atoms with Crippen LogP contribution in [0.5, 0.6) is 17.2 Å². The summed E-state index contributed by atoms with van der Waals surface area (Å²) in [6, 6.07) is 4.81. The molecule has 2 aliphatic rings. The van der Waals surface area contributed by atoms with Gasteiger partial charge in [0.05, 0.1) is 13.7 Å². The van der Waals surface area contributed by atoms with Crippen molar-refractivity contribution in [2.24, 2.45) is 0 Å². The summed E-state index contributed by atoms with van der Waals surface area (Å²) < 4.78 is 27.1. The Hall–Kier alpha value is -1.50. The summed E-state index contributed by atoms with van der Waals surface area (Å²) in [7, 11) is 1.55. The summed E-state index contributed by atoms with van der Waals surface area (Å²) in [5, 5.41) is 9.16. The van der Waals surface area contributed by atoms with Gasteiger partial charge in [0.1, 0.15) is 5.75 Å². The molecule has 0 radical (unpaired) electrons. The molecule has 2 aliphatic heterocycles.